The highest BCUT2D eigenvalue weighted by Crippen LogP contribution is 2.52. The van der Waals surface area contributed by atoms with E-state index < -0.39 is 5.41 Å². The predicted octanol–water partition coefficient (Wildman–Crippen LogP) is 3.82. The Labute approximate surface area is 159 Å². The van der Waals surface area contributed by atoms with Gasteiger partial charge in [0.25, 0.3) is 0 Å². The molecule has 1 saturated heterocycles. The smallest absolute Gasteiger partial charge is 0.149 e. The van der Waals surface area contributed by atoms with Crippen molar-refractivity contribution >= 4 is 28.9 Å². The first kappa shape index (κ1) is 18.0. The number of carbonyl (C=O) groups is 2. The van der Waals surface area contributed by atoms with Crippen LogP contribution < -0.4 is 4.90 Å². The Hall–Kier alpha value is -1.39. The third-order valence-electron chi connectivity index (χ3n) is 6.29. The molecule has 0 aromatic heterocycles. The van der Waals surface area contributed by atoms with E-state index in [1.54, 1.807) is 0 Å². The molecule has 1 aromatic carbocycles. The van der Waals surface area contributed by atoms with Crippen molar-refractivity contribution in [1.29, 1.82) is 0 Å². The molecule has 5 heteroatoms. The van der Waals surface area contributed by atoms with E-state index in [0.29, 0.717) is 30.8 Å². The van der Waals surface area contributed by atoms with Gasteiger partial charge in [-0.25, -0.2) is 0 Å². The topological polar surface area (TPSA) is 46.6 Å². The summed E-state index contributed by atoms with van der Waals surface area (Å²) in [5.41, 5.74) is 0.806. The summed E-state index contributed by atoms with van der Waals surface area (Å²) in [7, 11) is 0. The summed E-state index contributed by atoms with van der Waals surface area (Å²) in [4.78, 5) is 29.1. The average molecular weight is 376 g/mol. The molecule has 1 aliphatic carbocycles. The van der Waals surface area contributed by atoms with Crippen LogP contribution >= 0.6 is 11.6 Å². The van der Waals surface area contributed by atoms with Gasteiger partial charge >= 0.3 is 0 Å². The Balaban J connectivity index is 1.90. The molecule has 1 saturated carbocycles. The summed E-state index contributed by atoms with van der Waals surface area (Å²) in [5.74, 6) is 0.138. The standard InChI is InChI=1S/C21H26ClNO3/c1-12-11-23-16-7-15(22)6-5-14(16)8-21(19(23)13(2)26-12)17(24)9-20(3,4)10-18(21)25/h5-7,12-13,19H,8-11H2,1-4H3/t12-,13+,19+/m1/s1. The molecule has 0 N–H and O–H groups in total. The molecular weight excluding hydrogens is 350 g/mol. The van der Waals surface area contributed by atoms with Gasteiger partial charge in [-0.1, -0.05) is 31.5 Å². The van der Waals surface area contributed by atoms with Crippen LogP contribution in [0.25, 0.3) is 0 Å². The lowest BCUT2D eigenvalue weighted by Gasteiger charge is -2.57. The Bertz CT molecular complexity index is 767. The Morgan fingerprint density at radius 2 is 1.77 bits per heavy atom. The molecular formula is C21H26ClNO3. The normalized spacial score (nSPS) is 32.3. The molecule has 140 valence electrons. The van der Waals surface area contributed by atoms with E-state index in [0.717, 1.165) is 11.3 Å². The number of ether oxygens (including phenoxy) is 1. The van der Waals surface area contributed by atoms with Crippen LogP contribution in [0.4, 0.5) is 5.69 Å². The number of nitrogens with zero attached hydrogens (tertiary/aromatic N) is 1. The maximum absolute atomic E-state index is 13.4. The number of Topliss-reactive ketones (excluding diaryl/α,β-unsaturated/α-hetero) is 2. The lowest BCUT2D eigenvalue weighted by Crippen LogP contribution is -2.70. The van der Waals surface area contributed by atoms with Crippen LogP contribution in [0.3, 0.4) is 0 Å². The van der Waals surface area contributed by atoms with E-state index in [2.05, 4.69) is 4.90 Å². The van der Waals surface area contributed by atoms with Gasteiger partial charge in [-0.2, -0.15) is 0 Å². The van der Waals surface area contributed by atoms with E-state index in [4.69, 9.17) is 16.3 Å². The fraction of sp³-hybridized carbons (Fsp3) is 0.619. The molecule has 3 aliphatic rings. The molecule has 0 radical (unpaired) electrons. The zero-order valence-corrected chi connectivity index (χ0v) is 16.6. The second-order valence-corrected chi connectivity index (χ2v) is 9.47. The van der Waals surface area contributed by atoms with Crippen molar-refractivity contribution in [3.05, 3.63) is 28.8 Å². The predicted molar refractivity (Wildman–Crippen MR) is 102 cm³/mol. The third kappa shape index (κ3) is 2.53. The molecule has 1 spiro atoms. The number of rotatable bonds is 0. The lowest BCUT2D eigenvalue weighted by atomic mass is 9.55. The van der Waals surface area contributed by atoms with Crippen LogP contribution in [-0.2, 0) is 20.7 Å². The van der Waals surface area contributed by atoms with E-state index >= 15 is 0 Å². The average Bonchev–Trinajstić information content (AvgIpc) is 2.51. The van der Waals surface area contributed by atoms with Crippen molar-refractivity contribution in [2.75, 3.05) is 11.4 Å². The van der Waals surface area contributed by atoms with Gasteiger partial charge in [0.2, 0.25) is 0 Å². The number of morpholine rings is 1. The van der Waals surface area contributed by atoms with Crippen LogP contribution in [0.1, 0.15) is 46.1 Å². The first-order chi connectivity index (χ1) is 12.1. The van der Waals surface area contributed by atoms with Crippen LogP contribution in [-0.4, -0.2) is 36.4 Å². The fourth-order valence-electron chi connectivity index (χ4n) is 5.33. The van der Waals surface area contributed by atoms with E-state index in [9.17, 15) is 9.59 Å². The molecule has 2 aliphatic heterocycles. The number of carbonyl (C=O) groups excluding carboxylic acids is 2. The van der Waals surface area contributed by atoms with Crippen molar-refractivity contribution in [2.45, 2.75) is 65.2 Å². The van der Waals surface area contributed by atoms with Gasteiger partial charge in [0.1, 0.15) is 17.0 Å². The molecule has 0 amide bonds. The van der Waals surface area contributed by atoms with Crippen molar-refractivity contribution in [1.82, 2.24) is 0 Å². The van der Waals surface area contributed by atoms with Crippen molar-refractivity contribution in [3.63, 3.8) is 0 Å². The van der Waals surface area contributed by atoms with Gasteiger partial charge in [0.15, 0.2) is 0 Å². The largest absolute Gasteiger partial charge is 0.372 e. The maximum Gasteiger partial charge on any atom is 0.149 e. The molecule has 2 fully saturated rings. The summed E-state index contributed by atoms with van der Waals surface area (Å²) < 4.78 is 6.10. The van der Waals surface area contributed by atoms with E-state index in [1.807, 2.05) is 45.9 Å². The maximum atomic E-state index is 13.4. The molecule has 4 nitrogen and oxygen atoms in total. The summed E-state index contributed by atoms with van der Waals surface area (Å²) in [6.45, 7) is 8.70. The number of fused-ring (bicyclic) bond motifs is 4. The lowest BCUT2D eigenvalue weighted by molar-refractivity contribution is -0.157. The van der Waals surface area contributed by atoms with E-state index in [-0.39, 0.29) is 35.2 Å². The van der Waals surface area contributed by atoms with Gasteiger partial charge in [-0.05, 0) is 43.4 Å². The van der Waals surface area contributed by atoms with Crippen LogP contribution in [0.5, 0.6) is 0 Å². The van der Waals surface area contributed by atoms with Crippen molar-refractivity contribution in [2.24, 2.45) is 10.8 Å². The zero-order chi connectivity index (χ0) is 18.9. The summed E-state index contributed by atoms with van der Waals surface area (Å²) >= 11 is 6.26. The number of anilines is 1. The van der Waals surface area contributed by atoms with Gasteiger partial charge in [0, 0.05) is 30.1 Å². The number of halogens is 1. The van der Waals surface area contributed by atoms with E-state index in [1.165, 1.54) is 0 Å². The Morgan fingerprint density at radius 3 is 2.42 bits per heavy atom. The minimum atomic E-state index is -1.00. The summed E-state index contributed by atoms with van der Waals surface area (Å²) in [5, 5.41) is 0.674. The highest BCUT2D eigenvalue weighted by atomic mass is 35.5. The van der Waals surface area contributed by atoms with Crippen molar-refractivity contribution < 1.29 is 14.3 Å². The Morgan fingerprint density at radius 1 is 1.12 bits per heavy atom. The quantitative estimate of drug-likeness (QED) is 0.647. The summed E-state index contributed by atoms with van der Waals surface area (Å²) in [6.07, 6.45) is 1.17. The first-order valence-electron chi connectivity index (χ1n) is 9.41. The minimum Gasteiger partial charge on any atom is -0.372 e. The highest BCUT2D eigenvalue weighted by molar-refractivity contribution is 6.31. The zero-order valence-electron chi connectivity index (χ0n) is 15.8. The first-order valence-corrected chi connectivity index (χ1v) is 9.79. The van der Waals surface area contributed by atoms with Gasteiger partial charge in [0.05, 0.1) is 18.2 Å². The monoisotopic (exact) mass is 375 g/mol. The molecule has 3 atom stereocenters. The highest BCUT2D eigenvalue weighted by Gasteiger charge is 2.62. The van der Waals surface area contributed by atoms with Crippen LogP contribution in [0.15, 0.2) is 18.2 Å². The van der Waals surface area contributed by atoms with Crippen LogP contribution in [0, 0.1) is 10.8 Å². The second kappa shape index (κ2) is 5.80. The van der Waals surface area contributed by atoms with Crippen molar-refractivity contribution in [3.8, 4) is 0 Å². The molecule has 2 heterocycles. The number of hydrogen-bond acceptors (Lipinski definition) is 4. The fourth-order valence-corrected chi connectivity index (χ4v) is 5.50. The number of ketones is 2. The van der Waals surface area contributed by atoms with Gasteiger partial charge in [-0.3, -0.25) is 9.59 Å². The molecule has 0 unspecified atom stereocenters. The number of benzene rings is 1. The van der Waals surface area contributed by atoms with Gasteiger partial charge < -0.3 is 9.64 Å². The molecule has 0 bridgehead atoms. The number of hydrogen-bond donors (Lipinski definition) is 0. The summed E-state index contributed by atoms with van der Waals surface area (Å²) in [6, 6.07) is 5.52. The van der Waals surface area contributed by atoms with Gasteiger partial charge in [-0.15, -0.1) is 0 Å². The molecule has 4 rings (SSSR count). The SMILES string of the molecule is C[C@@H]1CN2c3cc(Cl)ccc3CC3(C(=O)CC(C)(C)CC3=O)[C@@H]2[C@H](C)O1. The Kier molecular flexibility index (Phi) is 4.02. The molecule has 1 aromatic rings. The third-order valence-corrected chi connectivity index (χ3v) is 6.52. The molecule has 26 heavy (non-hydrogen) atoms. The van der Waals surface area contributed by atoms with Crippen LogP contribution in [0.2, 0.25) is 5.02 Å². The minimum absolute atomic E-state index is 0.0356. The second-order valence-electron chi connectivity index (χ2n) is 9.03.